The van der Waals surface area contributed by atoms with Gasteiger partial charge in [0.2, 0.25) is 5.12 Å². The van der Waals surface area contributed by atoms with E-state index in [1.54, 1.807) is 24.3 Å². The van der Waals surface area contributed by atoms with Gasteiger partial charge in [-0.3, -0.25) is 9.59 Å². The standard InChI is InChI=1S/C12H10N2O3S/c13-7-8-1-3-9(4-2-8)17-6-5-10-11(15)18-12(16)14-10/h1-4,10H,5-6H2,(H,14,16). The fourth-order valence-corrected chi connectivity index (χ4v) is 2.21. The number of nitriles is 1. The molecule has 1 unspecified atom stereocenters. The predicted molar refractivity (Wildman–Crippen MR) is 66.2 cm³/mol. The molecule has 1 aromatic rings. The number of nitrogens with one attached hydrogen (secondary N) is 1. The number of rotatable bonds is 4. The lowest BCUT2D eigenvalue weighted by molar-refractivity contribution is -0.112. The molecule has 0 radical (unpaired) electrons. The quantitative estimate of drug-likeness (QED) is 0.893. The number of benzene rings is 1. The summed E-state index contributed by atoms with van der Waals surface area (Å²) in [5, 5.41) is 10.7. The number of amides is 1. The molecule has 92 valence electrons. The van der Waals surface area contributed by atoms with Gasteiger partial charge in [-0.05, 0) is 24.3 Å². The summed E-state index contributed by atoms with van der Waals surface area (Å²) >= 11 is 0.699. The molecule has 1 amide bonds. The Morgan fingerprint density at radius 3 is 2.61 bits per heavy atom. The van der Waals surface area contributed by atoms with Crippen molar-refractivity contribution in [3.8, 4) is 11.8 Å². The zero-order valence-corrected chi connectivity index (χ0v) is 10.2. The minimum atomic E-state index is -0.458. The number of ether oxygens (including phenoxy) is 1. The van der Waals surface area contributed by atoms with E-state index in [2.05, 4.69) is 5.32 Å². The number of hydrogen-bond acceptors (Lipinski definition) is 5. The summed E-state index contributed by atoms with van der Waals surface area (Å²) in [6.07, 6.45) is 0.442. The van der Waals surface area contributed by atoms with Crippen LogP contribution in [0.2, 0.25) is 0 Å². The highest BCUT2D eigenvalue weighted by atomic mass is 32.2. The molecule has 0 saturated carbocycles. The van der Waals surface area contributed by atoms with E-state index in [1.165, 1.54) is 0 Å². The van der Waals surface area contributed by atoms with E-state index < -0.39 is 6.04 Å². The van der Waals surface area contributed by atoms with Crippen LogP contribution in [0.3, 0.4) is 0 Å². The van der Waals surface area contributed by atoms with Crippen molar-refractivity contribution in [2.75, 3.05) is 6.61 Å². The monoisotopic (exact) mass is 262 g/mol. The fraction of sp³-hybridized carbons (Fsp3) is 0.250. The number of nitrogens with zero attached hydrogens (tertiary/aromatic N) is 1. The maximum atomic E-state index is 11.3. The summed E-state index contributed by atoms with van der Waals surface area (Å²) < 4.78 is 5.43. The van der Waals surface area contributed by atoms with Gasteiger partial charge >= 0.3 is 0 Å². The predicted octanol–water partition coefficient (Wildman–Crippen LogP) is 1.68. The molecule has 1 N–H and O–H groups in total. The van der Waals surface area contributed by atoms with Crippen molar-refractivity contribution in [3.05, 3.63) is 29.8 Å². The van der Waals surface area contributed by atoms with Gasteiger partial charge in [0.15, 0.2) is 0 Å². The topological polar surface area (TPSA) is 79.2 Å². The fourth-order valence-electron chi connectivity index (χ4n) is 1.50. The molecule has 1 aromatic carbocycles. The first kappa shape index (κ1) is 12.5. The molecule has 1 fully saturated rings. The average molecular weight is 262 g/mol. The Kier molecular flexibility index (Phi) is 3.85. The van der Waals surface area contributed by atoms with Crippen molar-refractivity contribution in [2.45, 2.75) is 12.5 Å². The van der Waals surface area contributed by atoms with Crippen LogP contribution in [0, 0.1) is 11.3 Å². The van der Waals surface area contributed by atoms with Crippen LogP contribution in [-0.2, 0) is 4.79 Å². The normalized spacial score (nSPS) is 18.3. The lowest BCUT2D eigenvalue weighted by Crippen LogP contribution is -2.30. The van der Waals surface area contributed by atoms with Gasteiger partial charge in [-0.2, -0.15) is 5.26 Å². The lowest BCUT2D eigenvalue weighted by atomic mass is 10.2. The van der Waals surface area contributed by atoms with E-state index >= 15 is 0 Å². The van der Waals surface area contributed by atoms with Gasteiger partial charge in [0, 0.05) is 18.2 Å². The molecule has 0 aliphatic carbocycles. The van der Waals surface area contributed by atoms with Crippen molar-refractivity contribution < 1.29 is 14.3 Å². The maximum absolute atomic E-state index is 11.3. The van der Waals surface area contributed by atoms with Gasteiger partial charge in [0.25, 0.3) is 5.24 Å². The van der Waals surface area contributed by atoms with Gasteiger partial charge in [-0.1, -0.05) is 0 Å². The molecule has 0 aromatic heterocycles. The van der Waals surface area contributed by atoms with Crippen LogP contribution in [0.1, 0.15) is 12.0 Å². The van der Waals surface area contributed by atoms with Crippen LogP contribution in [0.4, 0.5) is 4.79 Å². The Hall–Kier alpha value is -2.00. The van der Waals surface area contributed by atoms with E-state index in [9.17, 15) is 9.59 Å². The Bertz CT molecular complexity index is 507. The third-order valence-electron chi connectivity index (χ3n) is 2.43. The van der Waals surface area contributed by atoms with Crippen LogP contribution in [0.15, 0.2) is 24.3 Å². The van der Waals surface area contributed by atoms with Gasteiger partial charge in [0.05, 0.1) is 18.2 Å². The summed E-state index contributed by atoms with van der Waals surface area (Å²) in [4.78, 5) is 22.2. The van der Waals surface area contributed by atoms with E-state index in [0.29, 0.717) is 36.1 Å². The van der Waals surface area contributed by atoms with Gasteiger partial charge < -0.3 is 10.1 Å². The molecule has 1 aliphatic heterocycles. The van der Waals surface area contributed by atoms with Crippen molar-refractivity contribution >= 4 is 22.1 Å². The van der Waals surface area contributed by atoms with Crippen LogP contribution in [0.5, 0.6) is 5.75 Å². The number of hydrogen-bond donors (Lipinski definition) is 1. The largest absolute Gasteiger partial charge is 0.494 e. The molecule has 1 saturated heterocycles. The first-order valence-corrected chi connectivity index (χ1v) is 6.16. The molecule has 1 aliphatic rings. The van der Waals surface area contributed by atoms with Crippen LogP contribution in [-0.4, -0.2) is 23.0 Å². The average Bonchev–Trinajstić information content (AvgIpc) is 2.69. The minimum absolute atomic E-state index is 0.163. The van der Waals surface area contributed by atoms with Crippen molar-refractivity contribution in [1.29, 1.82) is 5.26 Å². The SMILES string of the molecule is N#Cc1ccc(OCCC2NC(=O)SC2=O)cc1. The number of thioether (sulfide) groups is 1. The maximum Gasteiger partial charge on any atom is 0.287 e. The van der Waals surface area contributed by atoms with Crippen LogP contribution >= 0.6 is 11.8 Å². The highest BCUT2D eigenvalue weighted by Gasteiger charge is 2.30. The van der Waals surface area contributed by atoms with Crippen LogP contribution in [0.25, 0.3) is 0 Å². The zero-order chi connectivity index (χ0) is 13.0. The Morgan fingerprint density at radius 2 is 2.06 bits per heavy atom. The van der Waals surface area contributed by atoms with Crippen molar-refractivity contribution in [2.24, 2.45) is 0 Å². The third kappa shape index (κ3) is 3.02. The highest BCUT2D eigenvalue weighted by molar-refractivity contribution is 8.26. The zero-order valence-electron chi connectivity index (χ0n) is 9.38. The summed E-state index contributed by atoms with van der Waals surface area (Å²) in [5.41, 5.74) is 0.567. The van der Waals surface area contributed by atoms with E-state index in [4.69, 9.17) is 10.00 Å². The molecule has 5 nitrogen and oxygen atoms in total. The first-order chi connectivity index (χ1) is 8.69. The van der Waals surface area contributed by atoms with E-state index in [1.807, 2.05) is 6.07 Å². The molecular weight excluding hydrogens is 252 g/mol. The molecule has 2 rings (SSSR count). The smallest absolute Gasteiger partial charge is 0.287 e. The van der Waals surface area contributed by atoms with E-state index in [0.717, 1.165) is 0 Å². The van der Waals surface area contributed by atoms with Crippen molar-refractivity contribution in [1.82, 2.24) is 5.32 Å². The molecule has 0 bridgehead atoms. The second-order valence-electron chi connectivity index (χ2n) is 3.68. The summed E-state index contributed by atoms with van der Waals surface area (Å²) in [7, 11) is 0. The molecule has 1 heterocycles. The lowest BCUT2D eigenvalue weighted by Gasteiger charge is -2.09. The summed E-state index contributed by atoms with van der Waals surface area (Å²) in [6, 6.07) is 8.27. The minimum Gasteiger partial charge on any atom is -0.494 e. The molecule has 1 atom stereocenters. The van der Waals surface area contributed by atoms with Crippen molar-refractivity contribution in [3.63, 3.8) is 0 Å². The summed E-state index contributed by atoms with van der Waals surface area (Å²) in [6.45, 7) is 0.336. The Labute approximate surface area is 108 Å². The second-order valence-corrected chi connectivity index (χ2v) is 4.66. The second kappa shape index (κ2) is 5.56. The highest BCUT2D eigenvalue weighted by Crippen LogP contribution is 2.18. The summed E-state index contributed by atoms with van der Waals surface area (Å²) in [5.74, 6) is 0.637. The Balaban J connectivity index is 1.80. The third-order valence-corrected chi connectivity index (χ3v) is 3.22. The van der Waals surface area contributed by atoms with Crippen LogP contribution < -0.4 is 10.1 Å². The molecule has 6 heteroatoms. The molecule has 0 spiro atoms. The molecule has 18 heavy (non-hydrogen) atoms. The van der Waals surface area contributed by atoms with E-state index in [-0.39, 0.29) is 10.4 Å². The Morgan fingerprint density at radius 1 is 1.33 bits per heavy atom. The van der Waals surface area contributed by atoms with Gasteiger partial charge in [0.1, 0.15) is 11.8 Å². The van der Waals surface area contributed by atoms with Gasteiger partial charge in [-0.15, -0.1) is 0 Å². The molecular formula is C12H10N2O3S. The number of carbonyl (C=O) groups is 2. The van der Waals surface area contributed by atoms with Gasteiger partial charge in [-0.25, -0.2) is 0 Å². The first-order valence-electron chi connectivity index (χ1n) is 5.34. The number of carbonyl (C=O) groups excluding carboxylic acids is 2.